The van der Waals surface area contributed by atoms with Crippen LogP contribution in [-0.4, -0.2) is 44.7 Å². The van der Waals surface area contributed by atoms with Crippen LogP contribution in [0.4, 0.5) is 13.9 Å². The van der Waals surface area contributed by atoms with Crippen molar-refractivity contribution in [1.82, 2.24) is 15.1 Å². The maximum Gasteiger partial charge on any atom is 0.263 e. The van der Waals surface area contributed by atoms with Gasteiger partial charge in [0.1, 0.15) is 17.2 Å². The van der Waals surface area contributed by atoms with Crippen LogP contribution in [0.3, 0.4) is 0 Å². The van der Waals surface area contributed by atoms with Crippen molar-refractivity contribution in [3.05, 3.63) is 35.4 Å². The Labute approximate surface area is 169 Å². The Hall–Kier alpha value is -2.07. The van der Waals surface area contributed by atoms with Gasteiger partial charge in [0, 0.05) is 12.1 Å². The molecule has 10 heteroatoms. The first-order valence-corrected chi connectivity index (χ1v) is 10.7. The van der Waals surface area contributed by atoms with Crippen LogP contribution in [0.5, 0.6) is 0 Å². The first kappa shape index (κ1) is 20.7. The Morgan fingerprint density at radius 1 is 1.21 bits per heavy atom. The Balaban J connectivity index is 1.58. The third kappa shape index (κ3) is 4.67. The summed E-state index contributed by atoms with van der Waals surface area (Å²) in [5.41, 5.74) is -0.671. The normalized spacial score (nSPS) is 19.5. The highest BCUT2D eigenvalue weighted by molar-refractivity contribution is 8.01. The topological polar surface area (TPSA) is 75.2 Å². The molecular weight excluding hydrogens is 406 g/mol. The van der Waals surface area contributed by atoms with Crippen LogP contribution < -0.4 is 5.32 Å². The van der Waals surface area contributed by atoms with Crippen molar-refractivity contribution in [2.45, 2.75) is 49.5 Å². The zero-order valence-corrected chi connectivity index (χ0v) is 17.1. The number of halogens is 2. The number of piperidine rings is 1. The SMILES string of the molecule is CC1CCCC(C)N1C(=O)CSc1nnc(NC(=O)c2c(F)cccc2F)s1. The van der Waals surface area contributed by atoms with Crippen molar-refractivity contribution in [2.75, 3.05) is 11.1 Å². The minimum absolute atomic E-state index is 0.0407. The standard InChI is InChI=1S/C18H20F2N4O2S2/c1-10-5-3-6-11(2)24(10)14(25)9-27-18-23-22-17(28-18)21-16(26)15-12(19)7-4-8-13(15)20/h4,7-8,10-11H,3,5-6,9H2,1-2H3,(H,21,22,26). The molecule has 2 atom stereocenters. The lowest BCUT2D eigenvalue weighted by atomic mass is 9.98. The van der Waals surface area contributed by atoms with Gasteiger partial charge in [0.05, 0.1) is 5.75 Å². The first-order chi connectivity index (χ1) is 13.4. The van der Waals surface area contributed by atoms with Gasteiger partial charge in [-0.3, -0.25) is 14.9 Å². The zero-order valence-electron chi connectivity index (χ0n) is 15.4. The average Bonchev–Trinajstić information content (AvgIpc) is 3.07. The molecule has 0 bridgehead atoms. The summed E-state index contributed by atoms with van der Waals surface area (Å²) in [4.78, 5) is 26.6. The maximum absolute atomic E-state index is 13.7. The molecule has 1 aliphatic heterocycles. The summed E-state index contributed by atoms with van der Waals surface area (Å²) >= 11 is 2.28. The summed E-state index contributed by atoms with van der Waals surface area (Å²) in [7, 11) is 0. The molecule has 28 heavy (non-hydrogen) atoms. The van der Waals surface area contributed by atoms with Gasteiger partial charge < -0.3 is 4.90 Å². The Morgan fingerprint density at radius 3 is 2.50 bits per heavy atom. The lowest BCUT2D eigenvalue weighted by Gasteiger charge is -2.39. The van der Waals surface area contributed by atoms with Gasteiger partial charge in [-0.1, -0.05) is 29.2 Å². The van der Waals surface area contributed by atoms with Gasteiger partial charge in [-0.05, 0) is 45.2 Å². The molecule has 2 aromatic rings. The van der Waals surface area contributed by atoms with Gasteiger partial charge in [-0.2, -0.15) is 0 Å². The largest absolute Gasteiger partial charge is 0.337 e. The number of amides is 2. The average molecular weight is 427 g/mol. The summed E-state index contributed by atoms with van der Waals surface area (Å²) < 4.78 is 27.9. The van der Waals surface area contributed by atoms with Gasteiger partial charge in [-0.15, -0.1) is 10.2 Å². The van der Waals surface area contributed by atoms with Crippen molar-refractivity contribution >= 4 is 40.0 Å². The predicted octanol–water partition coefficient (Wildman–Crippen LogP) is 3.95. The fourth-order valence-electron chi connectivity index (χ4n) is 3.30. The fraction of sp³-hybridized carbons (Fsp3) is 0.444. The first-order valence-electron chi connectivity index (χ1n) is 8.89. The molecule has 2 amide bonds. The number of aromatic nitrogens is 2. The summed E-state index contributed by atoms with van der Waals surface area (Å²) in [5, 5.41) is 10.2. The van der Waals surface area contributed by atoms with Crippen molar-refractivity contribution in [1.29, 1.82) is 0 Å². The highest BCUT2D eigenvalue weighted by atomic mass is 32.2. The van der Waals surface area contributed by atoms with E-state index in [4.69, 9.17) is 0 Å². The van der Waals surface area contributed by atoms with Crippen molar-refractivity contribution in [2.24, 2.45) is 0 Å². The molecule has 3 rings (SSSR count). The van der Waals surface area contributed by atoms with Crippen LogP contribution in [0.15, 0.2) is 22.5 Å². The maximum atomic E-state index is 13.7. The second-order valence-corrected chi connectivity index (χ2v) is 8.84. The van der Waals surface area contributed by atoms with E-state index in [1.165, 1.54) is 17.8 Å². The molecule has 0 spiro atoms. The van der Waals surface area contributed by atoms with E-state index < -0.39 is 23.1 Å². The summed E-state index contributed by atoms with van der Waals surface area (Å²) in [5.74, 6) is -2.58. The van der Waals surface area contributed by atoms with Crippen LogP contribution >= 0.6 is 23.1 Å². The number of hydrogen-bond acceptors (Lipinski definition) is 6. The highest BCUT2D eigenvalue weighted by Gasteiger charge is 2.29. The van der Waals surface area contributed by atoms with E-state index in [2.05, 4.69) is 29.4 Å². The lowest BCUT2D eigenvalue weighted by Crippen LogP contribution is -2.48. The molecule has 0 aliphatic carbocycles. The molecule has 1 aliphatic rings. The van der Waals surface area contributed by atoms with E-state index in [1.807, 2.05) is 4.90 Å². The molecule has 1 aromatic heterocycles. The molecule has 0 radical (unpaired) electrons. The molecule has 0 saturated carbocycles. The molecule has 1 N–H and O–H groups in total. The van der Waals surface area contributed by atoms with E-state index in [1.54, 1.807) is 0 Å². The highest BCUT2D eigenvalue weighted by Crippen LogP contribution is 2.28. The number of benzene rings is 1. The van der Waals surface area contributed by atoms with Crippen molar-refractivity contribution in [3.63, 3.8) is 0 Å². The number of nitrogens with zero attached hydrogens (tertiary/aromatic N) is 3. The van der Waals surface area contributed by atoms with Crippen LogP contribution in [0.1, 0.15) is 43.5 Å². The minimum atomic E-state index is -0.952. The van der Waals surface area contributed by atoms with E-state index >= 15 is 0 Å². The zero-order chi connectivity index (χ0) is 20.3. The smallest absolute Gasteiger partial charge is 0.263 e. The Morgan fingerprint density at radius 2 is 1.86 bits per heavy atom. The molecule has 1 saturated heterocycles. The van der Waals surface area contributed by atoms with Gasteiger partial charge in [-0.25, -0.2) is 8.78 Å². The van der Waals surface area contributed by atoms with Crippen LogP contribution in [-0.2, 0) is 4.79 Å². The molecule has 2 heterocycles. The summed E-state index contributed by atoms with van der Waals surface area (Å²) in [6.45, 7) is 4.11. The molecule has 1 fully saturated rings. The minimum Gasteiger partial charge on any atom is -0.337 e. The van der Waals surface area contributed by atoms with E-state index in [0.29, 0.717) is 4.34 Å². The number of thioether (sulfide) groups is 1. The van der Waals surface area contributed by atoms with Crippen molar-refractivity contribution in [3.8, 4) is 0 Å². The third-order valence-corrected chi connectivity index (χ3v) is 6.57. The summed E-state index contributed by atoms with van der Waals surface area (Å²) in [6.07, 6.45) is 3.13. The van der Waals surface area contributed by atoms with Crippen LogP contribution in [0.25, 0.3) is 0 Å². The van der Waals surface area contributed by atoms with Crippen LogP contribution in [0, 0.1) is 11.6 Å². The second kappa shape index (κ2) is 8.95. The van der Waals surface area contributed by atoms with E-state index in [-0.39, 0.29) is 28.9 Å². The van der Waals surface area contributed by atoms with E-state index in [9.17, 15) is 18.4 Å². The van der Waals surface area contributed by atoms with Crippen molar-refractivity contribution < 1.29 is 18.4 Å². The lowest BCUT2D eigenvalue weighted by molar-refractivity contribution is -0.134. The number of carbonyl (C=O) groups is 2. The molecule has 6 nitrogen and oxygen atoms in total. The van der Waals surface area contributed by atoms with Gasteiger partial charge in [0.15, 0.2) is 4.34 Å². The number of likely N-dealkylation sites (tertiary alicyclic amines) is 1. The fourth-order valence-corrected chi connectivity index (χ4v) is 4.92. The number of carbonyl (C=O) groups excluding carboxylic acids is 2. The number of anilines is 1. The van der Waals surface area contributed by atoms with Gasteiger partial charge in [0.2, 0.25) is 11.0 Å². The molecular formula is C18H20F2N4O2S2. The Kier molecular flexibility index (Phi) is 6.61. The second-order valence-electron chi connectivity index (χ2n) is 6.64. The molecule has 1 aromatic carbocycles. The van der Waals surface area contributed by atoms with Gasteiger partial charge >= 0.3 is 0 Å². The number of rotatable bonds is 5. The third-order valence-electron chi connectivity index (χ3n) is 4.62. The molecule has 2 unspecified atom stereocenters. The van der Waals surface area contributed by atoms with E-state index in [0.717, 1.165) is 42.7 Å². The Bertz CT molecular complexity index is 847. The van der Waals surface area contributed by atoms with Crippen LogP contribution in [0.2, 0.25) is 0 Å². The molecule has 150 valence electrons. The monoisotopic (exact) mass is 426 g/mol. The quantitative estimate of drug-likeness (QED) is 0.579. The summed E-state index contributed by atoms with van der Waals surface area (Å²) in [6, 6.07) is 3.64. The van der Waals surface area contributed by atoms with Gasteiger partial charge in [0.25, 0.3) is 5.91 Å². The number of hydrogen-bond donors (Lipinski definition) is 1. The number of nitrogens with one attached hydrogen (secondary N) is 1. The predicted molar refractivity (Wildman–Crippen MR) is 105 cm³/mol.